The second-order valence-electron chi connectivity index (χ2n) is 7.41. The van der Waals surface area contributed by atoms with Crippen LogP contribution in [0.5, 0.6) is 0 Å². The number of likely N-dealkylation sites (N-methyl/N-ethyl adjacent to an activating group) is 1. The highest BCUT2D eigenvalue weighted by atomic mass is 16.4. The molecular weight excluding hydrogens is 308 g/mol. The van der Waals surface area contributed by atoms with Gasteiger partial charge in [-0.3, -0.25) is 14.4 Å². The maximum Gasteiger partial charge on any atom is 0.323 e. The van der Waals surface area contributed by atoms with Crippen molar-refractivity contribution >= 4 is 17.8 Å². The number of hydrogen-bond donors (Lipinski definition) is 2. The zero-order chi connectivity index (χ0) is 17.5. The Hall–Kier alpha value is -1.59. The maximum atomic E-state index is 12.2. The molecule has 0 heterocycles. The standard InChI is InChI=1S/C18H30N2O4/c1-20(12-17(22)23)18(24)14-7-9-15(10-8-14)19-16(21)11-13-5-3-2-4-6-13/h13-15H,2-12H2,1H3,(H,19,21)(H,22,23). The van der Waals surface area contributed by atoms with E-state index in [2.05, 4.69) is 5.32 Å². The minimum atomic E-state index is -0.991. The molecule has 2 N–H and O–H groups in total. The van der Waals surface area contributed by atoms with E-state index >= 15 is 0 Å². The molecule has 2 rings (SSSR count). The fraction of sp³-hybridized carbons (Fsp3) is 0.833. The van der Waals surface area contributed by atoms with Crippen LogP contribution in [-0.2, 0) is 14.4 Å². The Morgan fingerprint density at radius 2 is 1.62 bits per heavy atom. The first-order valence-electron chi connectivity index (χ1n) is 9.22. The summed E-state index contributed by atoms with van der Waals surface area (Å²) in [7, 11) is 1.54. The first kappa shape index (κ1) is 18.7. The average molecular weight is 338 g/mol. The average Bonchev–Trinajstić information content (AvgIpc) is 2.55. The van der Waals surface area contributed by atoms with Crippen molar-refractivity contribution in [3.63, 3.8) is 0 Å². The first-order valence-corrected chi connectivity index (χ1v) is 9.22. The van der Waals surface area contributed by atoms with E-state index in [1.165, 1.54) is 44.1 Å². The summed E-state index contributed by atoms with van der Waals surface area (Å²) in [6.45, 7) is -0.253. The Bertz CT molecular complexity index is 452. The highest BCUT2D eigenvalue weighted by Gasteiger charge is 2.29. The molecule has 0 spiro atoms. The molecule has 0 bridgehead atoms. The third-order valence-electron chi connectivity index (χ3n) is 5.39. The van der Waals surface area contributed by atoms with Gasteiger partial charge in [0.15, 0.2) is 0 Å². The fourth-order valence-corrected chi connectivity index (χ4v) is 4.02. The summed E-state index contributed by atoms with van der Waals surface area (Å²) in [6.07, 6.45) is 9.81. The molecule has 2 aliphatic rings. The Kier molecular flexibility index (Phi) is 7.06. The third-order valence-corrected chi connectivity index (χ3v) is 5.39. The van der Waals surface area contributed by atoms with E-state index < -0.39 is 5.97 Å². The van der Waals surface area contributed by atoms with E-state index in [1.807, 2.05) is 0 Å². The lowest BCUT2D eigenvalue weighted by atomic mass is 9.84. The van der Waals surface area contributed by atoms with Crippen molar-refractivity contribution in [1.82, 2.24) is 10.2 Å². The van der Waals surface area contributed by atoms with Crippen LogP contribution < -0.4 is 5.32 Å². The molecule has 6 heteroatoms. The number of hydrogen-bond acceptors (Lipinski definition) is 3. The van der Waals surface area contributed by atoms with Crippen LogP contribution in [0.1, 0.15) is 64.2 Å². The summed E-state index contributed by atoms with van der Waals surface area (Å²) >= 11 is 0. The van der Waals surface area contributed by atoms with Gasteiger partial charge in [-0.15, -0.1) is 0 Å². The number of aliphatic carboxylic acids is 1. The number of amides is 2. The maximum absolute atomic E-state index is 12.2. The highest BCUT2D eigenvalue weighted by molar-refractivity contribution is 5.83. The lowest BCUT2D eigenvalue weighted by Gasteiger charge is -2.31. The number of carbonyl (C=O) groups is 3. The van der Waals surface area contributed by atoms with Crippen molar-refractivity contribution in [3.8, 4) is 0 Å². The summed E-state index contributed by atoms with van der Waals surface area (Å²) < 4.78 is 0. The van der Waals surface area contributed by atoms with Crippen LogP contribution in [0.3, 0.4) is 0 Å². The smallest absolute Gasteiger partial charge is 0.323 e. The van der Waals surface area contributed by atoms with Gasteiger partial charge in [0.1, 0.15) is 6.54 Å². The van der Waals surface area contributed by atoms with Gasteiger partial charge in [0.2, 0.25) is 11.8 Å². The zero-order valence-corrected chi connectivity index (χ0v) is 14.6. The van der Waals surface area contributed by atoms with Gasteiger partial charge < -0.3 is 15.3 Å². The summed E-state index contributed by atoms with van der Waals surface area (Å²) in [4.78, 5) is 36.4. The lowest BCUT2D eigenvalue weighted by Crippen LogP contribution is -2.42. The van der Waals surface area contributed by atoms with Gasteiger partial charge in [-0.1, -0.05) is 19.3 Å². The van der Waals surface area contributed by atoms with E-state index in [9.17, 15) is 14.4 Å². The van der Waals surface area contributed by atoms with Crippen molar-refractivity contribution < 1.29 is 19.5 Å². The molecule has 2 fully saturated rings. The van der Waals surface area contributed by atoms with Crippen molar-refractivity contribution in [2.75, 3.05) is 13.6 Å². The number of carbonyl (C=O) groups excluding carboxylic acids is 2. The second-order valence-corrected chi connectivity index (χ2v) is 7.41. The Morgan fingerprint density at radius 3 is 2.21 bits per heavy atom. The number of carboxylic acid groups (broad SMARTS) is 1. The van der Waals surface area contributed by atoms with Gasteiger partial charge in [0, 0.05) is 25.4 Å². The van der Waals surface area contributed by atoms with Gasteiger partial charge in [-0.25, -0.2) is 0 Å². The minimum Gasteiger partial charge on any atom is -0.480 e. The second kappa shape index (κ2) is 9.04. The molecule has 0 atom stereocenters. The van der Waals surface area contributed by atoms with Crippen molar-refractivity contribution in [2.24, 2.45) is 11.8 Å². The Morgan fingerprint density at radius 1 is 1.00 bits per heavy atom. The SMILES string of the molecule is CN(CC(=O)O)C(=O)C1CCC(NC(=O)CC2CCCCC2)CC1. The zero-order valence-electron chi connectivity index (χ0n) is 14.6. The highest BCUT2D eigenvalue weighted by Crippen LogP contribution is 2.28. The largest absolute Gasteiger partial charge is 0.480 e. The third kappa shape index (κ3) is 5.80. The molecule has 2 saturated carbocycles. The monoisotopic (exact) mass is 338 g/mol. The number of nitrogens with one attached hydrogen (secondary N) is 1. The summed E-state index contributed by atoms with van der Waals surface area (Å²) in [5, 5.41) is 11.9. The van der Waals surface area contributed by atoms with Gasteiger partial charge in [0.25, 0.3) is 0 Å². The number of nitrogens with zero attached hydrogens (tertiary/aromatic N) is 1. The Balaban J connectivity index is 1.69. The van der Waals surface area contributed by atoms with Crippen LogP contribution in [0.2, 0.25) is 0 Å². The predicted molar refractivity (Wildman–Crippen MR) is 90.4 cm³/mol. The molecule has 0 unspecified atom stereocenters. The topological polar surface area (TPSA) is 86.7 Å². The van der Waals surface area contributed by atoms with Gasteiger partial charge in [0.05, 0.1) is 0 Å². The predicted octanol–water partition coefficient (Wildman–Crippen LogP) is 2.17. The van der Waals surface area contributed by atoms with Crippen LogP contribution >= 0.6 is 0 Å². The molecule has 0 saturated heterocycles. The number of carboxylic acids is 1. The van der Waals surface area contributed by atoms with Gasteiger partial charge in [-0.05, 0) is 44.4 Å². The van der Waals surface area contributed by atoms with Crippen LogP contribution in [0.25, 0.3) is 0 Å². The van der Waals surface area contributed by atoms with Crippen LogP contribution in [0.15, 0.2) is 0 Å². The molecule has 6 nitrogen and oxygen atoms in total. The lowest BCUT2D eigenvalue weighted by molar-refractivity contribution is -0.145. The van der Waals surface area contributed by atoms with Gasteiger partial charge >= 0.3 is 5.97 Å². The normalized spacial score (nSPS) is 25.0. The molecule has 2 amide bonds. The summed E-state index contributed by atoms with van der Waals surface area (Å²) in [6, 6.07) is 0.162. The van der Waals surface area contributed by atoms with Crippen LogP contribution in [-0.4, -0.2) is 47.4 Å². The van der Waals surface area contributed by atoms with Crippen LogP contribution in [0, 0.1) is 11.8 Å². The first-order chi connectivity index (χ1) is 11.5. The summed E-state index contributed by atoms with van der Waals surface area (Å²) in [5.41, 5.74) is 0. The Labute approximate surface area is 144 Å². The molecule has 0 radical (unpaired) electrons. The summed E-state index contributed by atoms with van der Waals surface area (Å²) in [5.74, 6) is -0.499. The van der Waals surface area contributed by atoms with E-state index in [1.54, 1.807) is 0 Å². The van der Waals surface area contributed by atoms with Crippen molar-refractivity contribution in [3.05, 3.63) is 0 Å². The van der Waals surface area contributed by atoms with Crippen molar-refractivity contribution in [2.45, 2.75) is 70.3 Å². The fourth-order valence-electron chi connectivity index (χ4n) is 4.02. The molecule has 136 valence electrons. The molecule has 24 heavy (non-hydrogen) atoms. The van der Waals surface area contributed by atoms with E-state index in [4.69, 9.17) is 5.11 Å². The van der Waals surface area contributed by atoms with E-state index in [0.717, 1.165) is 25.7 Å². The molecule has 0 aromatic carbocycles. The van der Waals surface area contributed by atoms with E-state index in [-0.39, 0.29) is 30.3 Å². The molecule has 0 aliphatic heterocycles. The molecule has 0 aromatic rings. The number of rotatable bonds is 6. The van der Waals surface area contributed by atoms with Crippen molar-refractivity contribution in [1.29, 1.82) is 0 Å². The minimum absolute atomic E-state index is 0.0932. The van der Waals surface area contributed by atoms with Gasteiger partial charge in [-0.2, -0.15) is 0 Å². The molecule has 0 aromatic heterocycles. The molecular formula is C18H30N2O4. The quantitative estimate of drug-likeness (QED) is 0.777. The van der Waals surface area contributed by atoms with Crippen LogP contribution in [0.4, 0.5) is 0 Å². The molecule has 2 aliphatic carbocycles. The van der Waals surface area contributed by atoms with E-state index in [0.29, 0.717) is 12.3 Å².